The molecule has 0 aromatic heterocycles. The maximum atomic E-state index is 12.4. The van der Waals surface area contributed by atoms with Crippen LogP contribution in [0.4, 0.5) is 5.69 Å². The fraction of sp³-hybridized carbons (Fsp3) is 0.250. The smallest absolute Gasteiger partial charge is 0.262 e. The number of aryl methyl sites for hydroxylation is 1. The number of nitrogens with one attached hydrogen (secondary N) is 2. The number of amides is 3. The third kappa shape index (κ3) is 3.65. The molecule has 1 aliphatic heterocycles. The molecule has 0 aliphatic carbocycles. The molecule has 2 N–H and O–H groups in total. The van der Waals surface area contributed by atoms with Crippen LogP contribution in [-0.2, 0) is 11.3 Å². The van der Waals surface area contributed by atoms with Crippen molar-refractivity contribution in [3.05, 3.63) is 64.7 Å². The normalized spacial score (nSPS) is 13.1. The van der Waals surface area contributed by atoms with Crippen LogP contribution in [0.2, 0.25) is 0 Å². The zero-order chi connectivity index (χ0) is 18.7. The van der Waals surface area contributed by atoms with E-state index in [4.69, 9.17) is 0 Å². The molecule has 0 saturated heterocycles. The van der Waals surface area contributed by atoms with Gasteiger partial charge in [-0.3, -0.25) is 19.3 Å². The Labute approximate surface area is 152 Å². The van der Waals surface area contributed by atoms with Gasteiger partial charge in [-0.25, -0.2) is 0 Å². The van der Waals surface area contributed by atoms with Crippen LogP contribution in [0, 0.1) is 6.92 Å². The molecule has 0 radical (unpaired) electrons. The van der Waals surface area contributed by atoms with Crippen LogP contribution in [0.1, 0.15) is 38.8 Å². The number of hydrogen-bond acceptors (Lipinski definition) is 4. The maximum absolute atomic E-state index is 12.4. The van der Waals surface area contributed by atoms with Crippen LogP contribution in [0.15, 0.2) is 42.5 Å². The minimum absolute atomic E-state index is 0.303. The second kappa shape index (κ2) is 7.49. The summed E-state index contributed by atoms with van der Waals surface area (Å²) in [4.78, 5) is 38.2. The summed E-state index contributed by atoms with van der Waals surface area (Å²) >= 11 is 0. The highest BCUT2D eigenvalue weighted by Crippen LogP contribution is 2.23. The lowest BCUT2D eigenvalue weighted by Gasteiger charge is -2.14. The zero-order valence-electron chi connectivity index (χ0n) is 14.8. The standard InChI is InChI=1S/C20H21N3O3/c1-3-21-11-14-5-4-6-15(10-14)22-18(24)12-23-19(25)16-8-7-13(2)9-17(16)20(23)26/h4-10,21H,3,11-12H2,1-2H3,(H,22,24). The van der Waals surface area contributed by atoms with E-state index in [1.807, 2.05) is 32.0 Å². The number of carbonyl (C=O) groups excluding carboxylic acids is 3. The zero-order valence-corrected chi connectivity index (χ0v) is 14.8. The molecule has 0 unspecified atom stereocenters. The van der Waals surface area contributed by atoms with Gasteiger partial charge in [-0.2, -0.15) is 0 Å². The number of imide groups is 1. The van der Waals surface area contributed by atoms with Gasteiger partial charge in [0.05, 0.1) is 11.1 Å². The quantitative estimate of drug-likeness (QED) is 0.783. The average molecular weight is 351 g/mol. The number of fused-ring (bicyclic) bond motifs is 1. The first-order valence-electron chi connectivity index (χ1n) is 8.56. The summed E-state index contributed by atoms with van der Waals surface area (Å²) in [6, 6.07) is 12.6. The average Bonchev–Trinajstić information content (AvgIpc) is 2.84. The molecule has 26 heavy (non-hydrogen) atoms. The second-order valence-corrected chi connectivity index (χ2v) is 6.27. The van der Waals surface area contributed by atoms with Gasteiger partial charge in [-0.15, -0.1) is 0 Å². The highest BCUT2D eigenvalue weighted by Gasteiger charge is 2.36. The molecule has 0 fully saturated rings. The molecule has 3 amide bonds. The van der Waals surface area contributed by atoms with Crippen molar-refractivity contribution in [1.29, 1.82) is 0 Å². The van der Waals surface area contributed by atoms with Crippen molar-refractivity contribution >= 4 is 23.4 Å². The van der Waals surface area contributed by atoms with Crippen molar-refractivity contribution in [2.45, 2.75) is 20.4 Å². The van der Waals surface area contributed by atoms with Crippen LogP contribution < -0.4 is 10.6 Å². The largest absolute Gasteiger partial charge is 0.325 e. The van der Waals surface area contributed by atoms with Gasteiger partial charge in [0.1, 0.15) is 6.54 Å². The van der Waals surface area contributed by atoms with Crippen LogP contribution >= 0.6 is 0 Å². The van der Waals surface area contributed by atoms with Crippen molar-refractivity contribution < 1.29 is 14.4 Å². The first-order valence-corrected chi connectivity index (χ1v) is 8.56. The number of benzene rings is 2. The summed E-state index contributed by atoms with van der Waals surface area (Å²) in [5.74, 6) is -1.26. The predicted molar refractivity (Wildman–Crippen MR) is 99.0 cm³/mol. The first-order chi connectivity index (χ1) is 12.5. The molecular weight excluding hydrogens is 330 g/mol. The Balaban J connectivity index is 1.68. The van der Waals surface area contributed by atoms with Crippen LogP contribution in [0.3, 0.4) is 0 Å². The van der Waals surface area contributed by atoms with Gasteiger partial charge >= 0.3 is 0 Å². The SMILES string of the molecule is CCNCc1cccc(NC(=O)CN2C(=O)c3ccc(C)cc3C2=O)c1. The van der Waals surface area contributed by atoms with E-state index < -0.39 is 17.7 Å². The van der Waals surface area contributed by atoms with Crippen molar-refractivity contribution in [2.24, 2.45) is 0 Å². The molecule has 2 aromatic rings. The lowest BCUT2D eigenvalue weighted by molar-refractivity contribution is -0.116. The number of rotatable bonds is 6. The summed E-state index contributed by atoms with van der Waals surface area (Å²) in [5, 5.41) is 5.97. The Kier molecular flexibility index (Phi) is 5.14. The monoisotopic (exact) mass is 351 g/mol. The minimum atomic E-state index is -0.430. The Morgan fingerprint density at radius 1 is 1.04 bits per heavy atom. The van der Waals surface area contributed by atoms with E-state index in [9.17, 15) is 14.4 Å². The van der Waals surface area contributed by atoms with E-state index in [2.05, 4.69) is 10.6 Å². The first kappa shape index (κ1) is 17.8. The van der Waals surface area contributed by atoms with E-state index in [0.29, 0.717) is 23.4 Å². The molecule has 3 rings (SSSR count). The van der Waals surface area contributed by atoms with Crippen LogP contribution in [0.25, 0.3) is 0 Å². The minimum Gasteiger partial charge on any atom is -0.325 e. The third-order valence-electron chi connectivity index (χ3n) is 4.22. The van der Waals surface area contributed by atoms with Crippen LogP contribution in [-0.4, -0.2) is 35.7 Å². The van der Waals surface area contributed by atoms with E-state index in [1.54, 1.807) is 24.3 Å². The van der Waals surface area contributed by atoms with Crippen molar-refractivity contribution in [1.82, 2.24) is 10.2 Å². The van der Waals surface area contributed by atoms with Gasteiger partial charge in [0.2, 0.25) is 5.91 Å². The lowest BCUT2D eigenvalue weighted by atomic mass is 10.1. The topological polar surface area (TPSA) is 78.5 Å². The van der Waals surface area contributed by atoms with E-state index >= 15 is 0 Å². The maximum Gasteiger partial charge on any atom is 0.262 e. The van der Waals surface area contributed by atoms with Gasteiger partial charge < -0.3 is 10.6 Å². The predicted octanol–water partition coefficient (Wildman–Crippen LogP) is 2.34. The van der Waals surface area contributed by atoms with Crippen molar-refractivity contribution in [3.63, 3.8) is 0 Å². The molecule has 0 bridgehead atoms. The molecule has 2 aromatic carbocycles. The highest BCUT2D eigenvalue weighted by atomic mass is 16.2. The second-order valence-electron chi connectivity index (χ2n) is 6.27. The van der Waals surface area contributed by atoms with E-state index in [0.717, 1.165) is 22.6 Å². The Morgan fingerprint density at radius 2 is 1.81 bits per heavy atom. The number of nitrogens with zero attached hydrogens (tertiary/aromatic N) is 1. The molecule has 134 valence electrons. The van der Waals surface area contributed by atoms with E-state index in [1.165, 1.54) is 0 Å². The summed E-state index contributed by atoms with van der Waals surface area (Å²) in [7, 11) is 0. The summed E-state index contributed by atoms with van der Waals surface area (Å²) < 4.78 is 0. The van der Waals surface area contributed by atoms with Crippen molar-refractivity contribution in [3.8, 4) is 0 Å². The molecule has 0 spiro atoms. The van der Waals surface area contributed by atoms with Gasteiger partial charge in [0, 0.05) is 12.2 Å². The van der Waals surface area contributed by atoms with E-state index in [-0.39, 0.29) is 6.54 Å². The molecule has 1 heterocycles. The third-order valence-corrected chi connectivity index (χ3v) is 4.22. The number of hydrogen-bond donors (Lipinski definition) is 2. The van der Waals surface area contributed by atoms with Crippen molar-refractivity contribution in [2.75, 3.05) is 18.4 Å². The summed E-state index contributed by atoms with van der Waals surface area (Å²) in [6.07, 6.45) is 0. The molecule has 1 aliphatic rings. The Hall–Kier alpha value is -2.99. The molecular formula is C20H21N3O3. The van der Waals surface area contributed by atoms with Gasteiger partial charge in [0.25, 0.3) is 11.8 Å². The summed E-state index contributed by atoms with van der Waals surface area (Å²) in [6.45, 7) is 5.14. The molecule has 0 saturated carbocycles. The molecule has 6 heteroatoms. The van der Waals surface area contributed by atoms with Crippen LogP contribution in [0.5, 0.6) is 0 Å². The Bertz CT molecular complexity index is 876. The molecule has 0 atom stereocenters. The fourth-order valence-electron chi connectivity index (χ4n) is 2.92. The number of carbonyl (C=O) groups is 3. The Morgan fingerprint density at radius 3 is 2.58 bits per heavy atom. The highest BCUT2D eigenvalue weighted by molar-refractivity contribution is 6.22. The summed E-state index contributed by atoms with van der Waals surface area (Å²) in [5.41, 5.74) is 3.28. The lowest BCUT2D eigenvalue weighted by Crippen LogP contribution is -2.37. The van der Waals surface area contributed by atoms with Gasteiger partial charge in [-0.05, 0) is 43.3 Å². The van der Waals surface area contributed by atoms with Gasteiger partial charge in [0.15, 0.2) is 0 Å². The fourth-order valence-corrected chi connectivity index (χ4v) is 2.92. The number of anilines is 1. The molecule has 6 nitrogen and oxygen atoms in total. The van der Waals surface area contributed by atoms with Gasteiger partial charge in [-0.1, -0.05) is 30.7 Å².